The minimum absolute atomic E-state index is 0.113. The highest BCUT2D eigenvalue weighted by molar-refractivity contribution is 5.83. The Morgan fingerprint density at radius 1 is 1.17 bits per heavy atom. The van der Waals surface area contributed by atoms with Gasteiger partial charge >= 0.3 is 12.0 Å². The van der Waals surface area contributed by atoms with Gasteiger partial charge in [-0.2, -0.15) is 0 Å². The molecule has 0 aromatic heterocycles. The number of piperazine rings is 1. The Morgan fingerprint density at radius 2 is 1.78 bits per heavy atom. The summed E-state index contributed by atoms with van der Waals surface area (Å²) < 4.78 is 0. The highest BCUT2D eigenvalue weighted by atomic mass is 16.4. The molecule has 0 saturated carbocycles. The van der Waals surface area contributed by atoms with E-state index in [1.165, 1.54) is 4.90 Å². The van der Waals surface area contributed by atoms with Crippen molar-refractivity contribution in [1.29, 1.82) is 0 Å². The molecule has 2 saturated heterocycles. The van der Waals surface area contributed by atoms with E-state index in [2.05, 4.69) is 4.90 Å². The molecule has 2 fully saturated rings. The fourth-order valence-electron chi connectivity index (χ4n) is 2.44. The first kappa shape index (κ1) is 13.1. The molecule has 18 heavy (non-hydrogen) atoms. The Bertz CT molecular complexity index is 341. The summed E-state index contributed by atoms with van der Waals surface area (Å²) >= 11 is 0. The third kappa shape index (κ3) is 2.56. The second-order valence-corrected chi connectivity index (χ2v) is 4.97. The van der Waals surface area contributed by atoms with Crippen molar-refractivity contribution in [2.75, 3.05) is 39.8 Å². The van der Waals surface area contributed by atoms with Crippen LogP contribution in [0, 0.1) is 0 Å². The van der Waals surface area contributed by atoms with Gasteiger partial charge in [0.2, 0.25) is 0 Å². The van der Waals surface area contributed by atoms with Crippen molar-refractivity contribution in [3.05, 3.63) is 0 Å². The molecule has 2 amide bonds. The number of likely N-dealkylation sites (tertiary alicyclic amines) is 1. The number of aliphatic hydroxyl groups is 1. The van der Waals surface area contributed by atoms with Crippen LogP contribution in [0.15, 0.2) is 0 Å². The number of hydrogen-bond donors (Lipinski definition) is 2. The van der Waals surface area contributed by atoms with Crippen molar-refractivity contribution in [2.24, 2.45) is 0 Å². The Hall–Kier alpha value is -1.34. The third-order valence-corrected chi connectivity index (χ3v) is 3.58. The molecule has 0 bridgehead atoms. The molecule has 102 valence electrons. The topological polar surface area (TPSA) is 84.3 Å². The maximum Gasteiger partial charge on any atom is 0.326 e. The van der Waals surface area contributed by atoms with Crippen LogP contribution < -0.4 is 0 Å². The Balaban J connectivity index is 2.01. The lowest BCUT2D eigenvalue weighted by molar-refractivity contribution is -0.141. The lowest BCUT2D eigenvalue weighted by Gasteiger charge is -2.35. The number of likely N-dealkylation sites (N-methyl/N-ethyl adjacent to an activating group) is 1. The molecule has 2 atom stereocenters. The van der Waals surface area contributed by atoms with Gasteiger partial charge in [0, 0.05) is 39.1 Å². The maximum absolute atomic E-state index is 12.2. The number of amides is 2. The minimum Gasteiger partial charge on any atom is -0.480 e. The van der Waals surface area contributed by atoms with E-state index >= 15 is 0 Å². The van der Waals surface area contributed by atoms with Crippen molar-refractivity contribution in [3.63, 3.8) is 0 Å². The van der Waals surface area contributed by atoms with Crippen molar-refractivity contribution in [3.8, 4) is 0 Å². The molecule has 7 nitrogen and oxygen atoms in total. The number of aliphatic hydroxyl groups excluding tert-OH is 1. The first-order valence-corrected chi connectivity index (χ1v) is 6.14. The summed E-state index contributed by atoms with van der Waals surface area (Å²) in [6.07, 6.45) is -0.614. The second kappa shape index (κ2) is 5.11. The van der Waals surface area contributed by atoms with Crippen LogP contribution in [0.1, 0.15) is 6.42 Å². The summed E-state index contributed by atoms with van der Waals surface area (Å²) in [6.45, 7) is 2.91. The molecule has 0 aromatic rings. The van der Waals surface area contributed by atoms with Gasteiger partial charge in [-0.3, -0.25) is 0 Å². The van der Waals surface area contributed by atoms with Crippen LogP contribution in [-0.2, 0) is 4.79 Å². The predicted octanol–water partition coefficient (Wildman–Crippen LogP) is -1.13. The number of carboxylic acids is 1. The van der Waals surface area contributed by atoms with Gasteiger partial charge in [0.1, 0.15) is 6.04 Å². The van der Waals surface area contributed by atoms with Crippen molar-refractivity contribution >= 4 is 12.0 Å². The fourth-order valence-corrected chi connectivity index (χ4v) is 2.44. The zero-order valence-electron chi connectivity index (χ0n) is 10.4. The van der Waals surface area contributed by atoms with Gasteiger partial charge in [-0.05, 0) is 7.05 Å². The van der Waals surface area contributed by atoms with Crippen LogP contribution in [0.5, 0.6) is 0 Å². The Kier molecular flexibility index (Phi) is 3.72. The standard InChI is InChI=1S/C11H19N3O4/c1-12-2-4-13(5-3-12)11(18)14-7-8(15)6-9(14)10(16)17/h8-9,15H,2-7H2,1H3,(H,16,17)/t8-,9-/m1/s1. The molecule has 0 aromatic carbocycles. The molecule has 2 heterocycles. The minimum atomic E-state index is -1.05. The van der Waals surface area contributed by atoms with E-state index in [4.69, 9.17) is 5.11 Å². The summed E-state index contributed by atoms with van der Waals surface area (Å²) in [7, 11) is 1.99. The first-order chi connectivity index (χ1) is 8.49. The average molecular weight is 257 g/mol. The number of nitrogens with zero attached hydrogens (tertiary/aromatic N) is 3. The molecule has 2 aliphatic rings. The molecule has 0 radical (unpaired) electrons. The van der Waals surface area contributed by atoms with Crippen LogP contribution in [0.4, 0.5) is 4.79 Å². The number of carbonyl (C=O) groups is 2. The van der Waals surface area contributed by atoms with E-state index in [9.17, 15) is 14.7 Å². The van der Waals surface area contributed by atoms with Gasteiger partial charge in [0.05, 0.1) is 6.10 Å². The molecule has 0 aliphatic carbocycles. The normalized spacial score (nSPS) is 29.7. The lowest BCUT2D eigenvalue weighted by Crippen LogP contribution is -2.54. The van der Waals surface area contributed by atoms with Crippen molar-refractivity contribution in [2.45, 2.75) is 18.6 Å². The first-order valence-electron chi connectivity index (χ1n) is 6.14. The van der Waals surface area contributed by atoms with E-state index in [0.717, 1.165) is 13.1 Å². The average Bonchev–Trinajstić information content (AvgIpc) is 2.71. The zero-order chi connectivity index (χ0) is 13.3. The smallest absolute Gasteiger partial charge is 0.326 e. The van der Waals surface area contributed by atoms with E-state index in [0.29, 0.717) is 13.1 Å². The van der Waals surface area contributed by atoms with E-state index in [-0.39, 0.29) is 19.0 Å². The highest BCUT2D eigenvalue weighted by Crippen LogP contribution is 2.20. The number of rotatable bonds is 1. The lowest BCUT2D eigenvalue weighted by atomic mass is 10.2. The quantitative estimate of drug-likeness (QED) is 0.621. The molecular weight excluding hydrogens is 238 g/mol. The van der Waals surface area contributed by atoms with Gasteiger partial charge in [-0.1, -0.05) is 0 Å². The van der Waals surface area contributed by atoms with Crippen molar-refractivity contribution < 1.29 is 19.8 Å². The Morgan fingerprint density at radius 3 is 2.33 bits per heavy atom. The van der Waals surface area contributed by atoms with Crippen LogP contribution >= 0.6 is 0 Å². The third-order valence-electron chi connectivity index (χ3n) is 3.58. The van der Waals surface area contributed by atoms with Crippen molar-refractivity contribution in [1.82, 2.24) is 14.7 Å². The van der Waals surface area contributed by atoms with Crippen LogP contribution in [0.25, 0.3) is 0 Å². The number of urea groups is 1. The second-order valence-electron chi connectivity index (χ2n) is 4.97. The number of β-amino-alcohol motifs (C(OH)–C–C–N with tert-alkyl or cyclic N) is 1. The number of carbonyl (C=O) groups excluding carboxylic acids is 1. The summed E-state index contributed by atoms with van der Waals surface area (Å²) in [5, 5.41) is 18.6. The van der Waals surface area contributed by atoms with Gasteiger partial charge in [-0.25, -0.2) is 9.59 Å². The van der Waals surface area contributed by atoms with Crippen LogP contribution in [0.2, 0.25) is 0 Å². The summed E-state index contributed by atoms with van der Waals surface area (Å²) in [4.78, 5) is 28.4. The molecule has 7 heteroatoms. The summed E-state index contributed by atoms with van der Waals surface area (Å²) in [6, 6.07) is -1.17. The van der Waals surface area contributed by atoms with Crippen LogP contribution in [0.3, 0.4) is 0 Å². The molecule has 2 N–H and O–H groups in total. The summed E-state index contributed by atoms with van der Waals surface area (Å²) in [5.41, 5.74) is 0. The number of aliphatic carboxylic acids is 1. The summed E-state index contributed by atoms with van der Waals surface area (Å²) in [5.74, 6) is -1.05. The molecule has 0 spiro atoms. The predicted molar refractivity (Wildman–Crippen MR) is 63.2 cm³/mol. The van der Waals surface area contributed by atoms with E-state index in [1.807, 2.05) is 7.05 Å². The molecular formula is C11H19N3O4. The van der Waals surface area contributed by atoms with Gasteiger partial charge in [-0.15, -0.1) is 0 Å². The molecule has 0 unspecified atom stereocenters. The Labute approximate surface area is 106 Å². The number of carboxylic acid groups (broad SMARTS) is 1. The maximum atomic E-state index is 12.2. The molecule has 2 aliphatic heterocycles. The monoisotopic (exact) mass is 257 g/mol. The van der Waals surface area contributed by atoms with Gasteiger partial charge < -0.3 is 24.9 Å². The zero-order valence-corrected chi connectivity index (χ0v) is 10.4. The highest BCUT2D eigenvalue weighted by Gasteiger charge is 2.40. The van der Waals surface area contributed by atoms with E-state index < -0.39 is 18.1 Å². The van der Waals surface area contributed by atoms with E-state index in [1.54, 1.807) is 4.90 Å². The van der Waals surface area contributed by atoms with Gasteiger partial charge in [0.25, 0.3) is 0 Å². The SMILES string of the molecule is CN1CCN(C(=O)N2C[C@H](O)C[C@@H]2C(=O)O)CC1. The molecule has 2 rings (SSSR count). The fraction of sp³-hybridized carbons (Fsp3) is 0.818. The van der Waals surface area contributed by atoms with Crippen LogP contribution in [-0.4, -0.2) is 88.8 Å². The number of hydrogen-bond acceptors (Lipinski definition) is 4. The van der Waals surface area contributed by atoms with Gasteiger partial charge in [0.15, 0.2) is 0 Å². The largest absolute Gasteiger partial charge is 0.480 e.